The van der Waals surface area contributed by atoms with Crippen molar-refractivity contribution in [3.05, 3.63) is 35.2 Å². The van der Waals surface area contributed by atoms with Gasteiger partial charge in [-0.1, -0.05) is 6.07 Å². The predicted octanol–water partition coefficient (Wildman–Crippen LogP) is 2.22. The minimum Gasteiger partial charge on any atom is -0.462 e. The summed E-state index contributed by atoms with van der Waals surface area (Å²) in [4.78, 5) is 16.0. The molecule has 0 aromatic carbocycles. The van der Waals surface area contributed by atoms with Gasteiger partial charge in [-0.3, -0.25) is 4.98 Å². The number of hydrogen-bond acceptors (Lipinski definition) is 7. The Labute approximate surface area is 121 Å². The van der Waals surface area contributed by atoms with Crippen LogP contribution in [0.5, 0.6) is 0 Å². The molecule has 0 saturated heterocycles. The number of hydrogen-bond donors (Lipinski definition) is 2. The summed E-state index contributed by atoms with van der Waals surface area (Å²) in [6.07, 6.45) is 1.79. The minimum absolute atomic E-state index is 0.193. The topological polar surface area (TPSA) is 90.1 Å². The van der Waals surface area contributed by atoms with E-state index in [9.17, 15) is 4.79 Å². The van der Waals surface area contributed by atoms with E-state index in [2.05, 4.69) is 14.7 Å². The first-order valence-electron chi connectivity index (χ1n) is 6.19. The minimum atomic E-state index is -0.455. The Hall–Kier alpha value is -2.15. The Morgan fingerprint density at radius 2 is 2.30 bits per heavy atom. The molecular formula is C13H16N4O2S. The molecule has 7 heteroatoms. The number of nitrogen functional groups attached to an aromatic ring is 1. The monoisotopic (exact) mass is 292 g/mol. The summed E-state index contributed by atoms with van der Waals surface area (Å²) in [5.41, 5.74) is 7.98. The van der Waals surface area contributed by atoms with Crippen LogP contribution in [0.3, 0.4) is 0 Å². The fourth-order valence-electron chi connectivity index (χ4n) is 1.61. The maximum atomic E-state index is 11.8. The fraction of sp³-hybridized carbons (Fsp3) is 0.308. The lowest BCUT2D eigenvalue weighted by atomic mass is 10.2. The predicted molar refractivity (Wildman–Crippen MR) is 78.8 cm³/mol. The van der Waals surface area contributed by atoms with Crippen molar-refractivity contribution in [1.29, 1.82) is 0 Å². The lowest BCUT2D eigenvalue weighted by Crippen LogP contribution is -2.10. The van der Waals surface area contributed by atoms with Crippen molar-refractivity contribution in [3.8, 4) is 0 Å². The molecule has 20 heavy (non-hydrogen) atoms. The molecule has 0 amide bonds. The van der Waals surface area contributed by atoms with Crippen LogP contribution in [0.25, 0.3) is 0 Å². The van der Waals surface area contributed by atoms with Crippen LogP contribution in [0.4, 0.5) is 10.8 Å². The highest BCUT2D eigenvalue weighted by Crippen LogP contribution is 2.27. The second-order valence-electron chi connectivity index (χ2n) is 4.15. The van der Waals surface area contributed by atoms with Gasteiger partial charge < -0.3 is 15.8 Å². The van der Waals surface area contributed by atoms with Crippen molar-refractivity contribution in [1.82, 2.24) is 9.36 Å². The van der Waals surface area contributed by atoms with Gasteiger partial charge in [0.05, 0.1) is 6.61 Å². The van der Waals surface area contributed by atoms with Crippen molar-refractivity contribution in [3.63, 3.8) is 0 Å². The molecule has 0 saturated carbocycles. The van der Waals surface area contributed by atoms with Crippen molar-refractivity contribution >= 4 is 28.3 Å². The number of nitrogens with zero attached hydrogens (tertiary/aromatic N) is 2. The van der Waals surface area contributed by atoms with Crippen molar-refractivity contribution in [2.45, 2.75) is 20.4 Å². The zero-order valence-electron chi connectivity index (χ0n) is 11.3. The molecule has 2 aromatic rings. The van der Waals surface area contributed by atoms with Crippen LogP contribution < -0.4 is 11.1 Å². The number of nitrogens with one attached hydrogen (secondary N) is 1. The van der Waals surface area contributed by atoms with Gasteiger partial charge in [-0.05, 0) is 37.0 Å². The van der Waals surface area contributed by atoms with Gasteiger partial charge in [0.25, 0.3) is 0 Å². The molecule has 0 aliphatic rings. The number of ether oxygens (including phenoxy) is 1. The molecule has 6 nitrogen and oxygen atoms in total. The third kappa shape index (κ3) is 3.24. The molecule has 0 aliphatic heterocycles. The van der Waals surface area contributed by atoms with E-state index in [1.165, 1.54) is 0 Å². The molecule has 2 heterocycles. The molecule has 0 bridgehead atoms. The number of anilines is 2. The number of aromatic nitrogens is 2. The molecule has 2 aromatic heterocycles. The number of carbonyl (C=O) groups excluding carboxylic acids is 1. The Morgan fingerprint density at radius 3 is 2.95 bits per heavy atom. The van der Waals surface area contributed by atoms with Crippen molar-refractivity contribution in [2.24, 2.45) is 0 Å². The van der Waals surface area contributed by atoms with Crippen LogP contribution in [-0.2, 0) is 11.3 Å². The lowest BCUT2D eigenvalue weighted by Gasteiger charge is -2.07. The van der Waals surface area contributed by atoms with Crippen LogP contribution >= 0.6 is 11.5 Å². The molecular weight excluding hydrogens is 276 g/mol. The molecule has 0 fully saturated rings. The van der Waals surface area contributed by atoms with E-state index in [4.69, 9.17) is 10.5 Å². The Bertz CT molecular complexity index is 595. The van der Waals surface area contributed by atoms with E-state index in [1.54, 1.807) is 13.1 Å². The molecule has 2 rings (SSSR count). The summed E-state index contributed by atoms with van der Waals surface area (Å²) >= 11 is 1.15. The Morgan fingerprint density at radius 1 is 1.50 bits per heavy atom. The first-order chi connectivity index (χ1) is 9.61. The number of esters is 1. The third-order valence-electron chi connectivity index (χ3n) is 2.62. The molecule has 0 radical (unpaired) electrons. The van der Waals surface area contributed by atoms with E-state index in [-0.39, 0.29) is 5.82 Å². The smallest absolute Gasteiger partial charge is 0.344 e. The van der Waals surface area contributed by atoms with E-state index >= 15 is 0 Å². The van der Waals surface area contributed by atoms with Gasteiger partial charge >= 0.3 is 5.97 Å². The molecule has 0 atom stereocenters. The van der Waals surface area contributed by atoms with Gasteiger partial charge in [-0.2, -0.15) is 4.37 Å². The third-order valence-corrected chi connectivity index (χ3v) is 3.44. The number of aryl methyl sites for hydroxylation is 1. The second-order valence-corrected chi connectivity index (χ2v) is 4.93. The lowest BCUT2D eigenvalue weighted by molar-refractivity contribution is 0.0529. The Balaban J connectivity index is 2.10. The molecule has 0 spiro atoms. The van der Waals surface area contributed by atoms with Gasteiger partial charge in [0, 0.05) is 18.4 Å². The Kier molecular flexibility index (Phi) is 4.52. The van der Waals surface area contributed by atoms with Crippen LogP contribution in [-0.4, -0.2) is 21.9 Å². The summed E-state index contributed by atoms with van der Waals surface area (Å²) in [6.45, 7) is 4.52. The van der Waals surface area contributed by atoms with Gasteiger partial charge in [-0.15, -0.1) is 0 Å². The summed E-state index contributed by atoms with van der Waals surface area (Å²) in [5, 5.41) is 3.76. The number of carbonyl (C=O) groups is 1. The standard InChI is InChI=1S/C13H16N4O2S/c1-3-19-13(18)10-11(14)17-20-12(10)16-7-9-5-4-8(2)15-6-9/h4-6,16H,3,7H2,1-2H3,(H2,14,17). The molecule has 106 valence electrons. The van der Waals surface area contributed by atoms with E-state index in [0.29, 0.717) is 23.7 Å². The first kappa shape index (κ1) is 14.3. The van der Waals surface area contributed by atoms with Crippen LogP contribution in [0, 0.1) is 6.92 Å². The van der Waals surface area contributed by atoms with Crippen molar-refractivity contribution < 1.29 is 9.53 Å². The van der Waals surface area contributed by atoms with Crippen LogP contribution in [0.1, 0.15) is 28.5 Å². The van der Waals surface area contributed by atoms with Gasteiger partial charge in [0.15, 0.2) is 5.82 Å². The fourth-order valence-corrected chi connectivity index (χ4v) is 2.31. The average molecular weight is 292 g/mol. The van der Waals surface area contributed by atoms with E-state index < -0.39 is 5.97 Å². The zero-order valence-corrected chi connectivity index (χ0v) is 12.2. The highest BCUT2D eigenvalue weighted by atomic mass is 32.1. The molecule has 0 aliphatic carbocycles. The van der Waals surface area contributed by atoms with E-state index in [1.807, 2.05) is 19.1 Å². The number of rotatable bonds is 5. The quantitative estimate of drug-likeness (QED) is 0.821. The van der Waals surface area contributed by atoms with Crippen LogP contribution in [0.15, 0.2) is 18.3 Å². The summed E-state index contributed by atoms with van der Waals surface area (Å²) < 4.78 is 8.96. The largest absolute Gasteiger partial charge is 0.462 e. The van der Waals surface area contributed by atoms with Crippen LogP contribution in [0.2, 0.25) is 0 Å². The highest BCUT2D eigenvalue weighted by Gasteiger charge is 2.20. The maximum Gasteiger partial charge on any atom is 0.344 e. The summed E-state index contributed by atoms with van der Waals surface area (Å²) in [7, 11) is 0. The van der Waals surface area contributed by atoms with E-state index in [0.717, 1.165) is 22.8 Å². The summed E-state index contributed by atoms with van der Waals surface area (Å²) in [6, 6.07) is 3.91. The SMILES string of the molecule is CCOC(=O)c1c(N)nsc1NCc1ccc(C)nc1. The number of pyridine rings is 1. The zero-order chi connectivity index (χ0) is 14.5. The second kappa shape index (κ2) is 6.33. The number of nitrogens with two attached hydrogens (primary N) is 1. The highest BCUT2D eigenvalue weighted by molar-refractivity contribution is 7.11. The van der Waals surface area contributed by atoms with Gasteiger partial charge in [0.2, 0.25) is 0 Å². The molecule has 3 N–H and O–H groups in total. The van der Waals surface area contributed by atoms with Crippen molar-refractivity contribution in [2.75, 3.05) is 17.7 Å². The molecule has 0 unspecified atom stereocenters. The van der Waals surface area contributed by atoms with Gasteiger partial charge in [0.1, 0.15) is 10.6 Å². The maximum absolute atomic E-state index is 11.8. The normalized spacial score (nSPS) is 10.3. The van der Waals surface area contributed by atoms with Gasteiger partial charge in [-0.25, -0.2) is 4.79 Å². The first-order valence-corrected chi connectivity index (χ1v) is 6.96. The average Bonchev–Trinajstić information content (AvgIpc) is 2.79. The summed E-state index contributed by atoms with van der Waals surface area (Å²) in [5.74, 6) is -0.263.